The summed E-state index contributed by atoms with van der Waals surface area (Å²) in [5, 5.41) is 13.9. The van der Waals surface area contributed by atoms with E-state index in [0.29, 0.717) is 11.3 Å². The SMILES string of the molecule is Cl.Cl.N=C(N)c1ccccn1.N=C(N)c1cccnc1. The van der Waals surface area contributed by atoms with Crippen LogP contribution in [0.2, 0.25) is 0 Å². The van der Waals surface area contributed by atoms with Gasteiger partial charge in [-0.15, -0.1) is 24.8 Å². The Morgan fingerprint density at radius 3 is 1.90 bits per heavy atom. The molecule has 0 aliphatic heterocycles. The normalized spacial score (nSPS) is 8.00. The van der Waals surface area contributed by atoms with Crippen LogP contribution in [0.4, 0.5) is 0 Å². The van der Waals surface area contributed by atoms with Gasteiger partial charge >= 0.3 is 0 Å². The number of nitrogens with zero attached hydrogens (tertiary/aromatic N) is 2. The highest BCUT2D eigenvalue weighted by atomic mass is 35.5. The summed E-state index contributed by atoms with van der Waals surface area (Å²) in [5.41, 5.74) is 11.5. The van der Waals surface area contributed by atoms with Crippen molar-refractivity contribution >= 4 is 36.5 Å². The zero-order chi connectivity index (χ0) is 13.4. The van der Waals surface area contributed by atoms with Crippen LogP contribution >= 0.6 is 24.8 Å². The number of hydrogen-bond donors (Lipinski definition) is 4. The van der Waals surface area contributed by atoms with Crippen molar-refractivity contribution in [2.75, 3.05) is 0 Å². The molecule has 20 heavy (non-hydrogen) atoms. The molecule has 0 amide bonds. The Kier molecular flexibility index (Phi) is 10.8. The third-order valence-electron chi connectivity index (χ3n) is 1.91. The summed E-state index contributed by atoms with van der Waals surface area (Å²) >= 11 is 0. The lowest BCUT2D eigenvalue weighted by atomic mass is 10.3. The quantitative estimate of drug-likeness (QED) is 0.496. The lowest BCUT2D eigenvalue weighted by Crippen LogP contribution is -2.12. The second kappa shape index (κ2) is 10.7. The van der Waals surface area contributed by atoms with E-state index >= 15 is 0 Å². The first-order chi connectivity index (χ1) is 8.61. The fourth-order valence-corrected chi connectivity index (χ4v) is 1.04. The third-order valence-corrected chi connectivity index (χ3v) is 1.91. The van der Waals surface area contributed by atoms with Gasteiger partial charge in [-0.2, -0.15) is 0 Å². The van der Waals surface area contributed by atoms with Gasteiger partial charge in [0.1, 0.15) is 17.4 Å². The highest BCUT2D eigenvalue weighted by Gasteiger charge is 1.91. The second-order valence-corrected chi connectivity index (χ2v) is 3.28. The van der Waals surface area contributed by atoms with Gasteiger partial charge in [0.25, 0.3) is 0 Å². The van der Waals surface area contributed by atoms with Crippen molar-refractivity contribution in [3.8, 4) is 0 Å². The molecule has 6 N–H and O–H groups in total. The maximum atomic E-state index is 6.97. The van der Waals surface area contributed by atoms with Gasteiger partial charge in [0.15, 0.2) is 0 Å². The fraction of sp³-hybridized carbons (Fsp3) is 0. The van der Waals surface area contributed by atoms with Crippen molar-refractivity contribution in [3.63, 3.8) is 0 Å². The van der Waals surface area contributed by atoms with E-state index in [0.717, 1.165) is 0 Å². The van der Waals surface area contributed by atoms with E-state index in [1.54, 1.807) is 48.9 Å². The van der Waals surface area contributed by atoms with Gasteiger partial charge in [0, 0.05) is 24.2 Å². The van der Waals surface area contributed by atoms with Gasteiger partial charge < -0.3 is 11.5 Å². The molecule has 0 bridgehead atoms. The number of halogens is 2. The molecule has 2 aromatic heterocycles. The molecule has 108 valence electrons. The Labute approximate surface area is 129 Å². The average Bonchev–Trinajstić information content (AvgIpc) is 2.41. The number of pyridine rings is 2. The number of aromatic nitrogens is 2. The Balaban J connectivity index is 0. The summed E-state index contributed by atoms with van der Waals surface area (Å²) in [6, 6.07) is 8.77. The standard InChI is InChI=1S/2C6H7N3.2ClH/c7-6(8)5-2-1-3-9-4-5;7-6(8)5-3-1-2-4-9-5;;/h2*1-4H,(H3,7,8);2*1H. The monoisotopic (exact) mass is 314 g/mol. The van der Waals surface area contributed by atoms with Crippen LogP contribution in [0.1, 0.15) is 11.3 Å². The number of nitrogen functional groups attached to an aromatic ring is 2. The van der Waals surface area contributed by atoms with E-state index in [9.17, 15) is 0 Å². The maximum Gasteiger partial charge on any atom is 0.141 e. The highest BCUT2D eigenvalue weighted by Crippen LogP contribution is 1.91. The second-order valence-electron chi connectivity index (χ2n) is 3.28. The summed E-state index contributed by atoms with van der Waals surface area (Å²) in [5.74, 6) is 0.0682. The van der Waals surface area contributed by atoms with E-state index in [1.165, 1.54) is 0 Å². The molecule has 8 heteroatoms. The molecule has 0 saturated heterocycles. The van der Waals surface area contributed by atoms with Gasteiger partial charge in [-0.1, -0.05) is 6.07 Å². The molecular formula is C12H16Cl2N6. The summed E-state index contributed by atoms with van der Waals surface area (Å²) in [7, 11) is 0. The lowest BCUT2D eigenvalue weighted by Gasteiger charge is -1.92. The van der Waals surface area contributed by atoms with Crippen LogP contribution in [0.5, 0.6) is 0 Å². The van der Waals surface area contributed by atoms with Gasteiger partial charge in [-0.05, 0) is 24.3 Å². The third kappa shape index (κ3) is 7.30. The smallest absolute Gasteiger partial charge is 0.141 e. The molecule has 0 atom stereocenters. The van der Waals surface area contributed by atoms with Crippen LogP contribution in [0, 0.1) is 10.8 Å². The number of nitrogens with two attached hydrogens (primary N) is 2. The Morgan fingerprint density at radius 2 is 1.60 bits per heavy atom. The van der Waals surface area contributed by atoms with E-state index in [-0.39, 0.29) is 36.5 Å². The molecule has 0 unspecified atom stereocenters. The van der Waals surface area contributed by atoms with Crippen LogP contribution in [0.15, 0.2) is 48.9 Å². The Bertz CT molecular complexity index is 468. The molecule has 2 aromatic rings. The topological polar surface area (TPSA) is 126 Å². The minimum atomic E-state index is 0. The van der Waals surface area contributed by atoms with Gasteiger partial charge in [-0.3, -0.25) is 20.8 Å². The Morgan fingerprint density at radius 1 is 0.900 bits per heavy atom. The fourth-order valence-electron chi connectivity index (χ4n) is 1.04. The van der Waals surface area contributed by atoms with Crippen LogP contribution in [-0.4, -0.2) is 21.6 Å². The Hall–Kier alpha value is -2.18. The van der Waals surface area contributed by atoms with Crippen LogP contribution < -0.4 is 11.5 Å². The maximum absolute atomic E-state index is 6.97. The van der Waals surface area contributed by atoms with Gasteiger partial charge in [-0.25, -0.2) is 0 Å². The summed E-state index contributed by atoms with van der Waals surface area (Å²) in [4.78, 5) is 7.61. The van der Waals surface area contributed by atoms with Gasteiger partial charge in [0.2, 0.25) is 0 Å². The summed E-state index contributed by atoms with van der Waals surface area (Å²) < 4.78 is 0. The molecule has 6 nitrogen and oxygen atoms in total. The molecular weight excluding hydrogens is 299 g/mol. The number of nitrogens with one attached hydrogen (secondary N) is 2. The van der Waals surface area contributed by atoms with Crippen molar-refractivity contribution in [1.82, 2.24) is 9.97 Å². The number of amidine groups is 2. The molecule has 2 rings (SSSR count). The van der Waals surface area contributed by atoms with Crippen molar-refractivity contribution in [3.05, 3.63) is 60.2 Å². The van der Waals surface area contributed by atoms with Crippen LogP contribution in [0.3, 0.4) is 0 Å². The molecule has 0 radical (unpaired) electrons. The molecule has 0 aromatic carbocycles. The van der Waals surface area contributed by atoms with E-state index < -0.39 is 0 Å². The predicted octanol–water partition coefficient (Wildman–Crippen LogP) is 1.57. The summed E-state index contributed by atoms with van der Waals surface area (Å²) in [6.45, 7) is 0. The van der Waals surface area contributed by atoms with Crippen molar-refractivity contribution in [2.45, 2.75) is 0 Å². The number of hydrogen-bond acceptors (Lipinski definition) is 4. The minimum Gasteiger partial charge on any atom is -0.384 e. The summed E-state index contributed by atoms with van der Waals surface area (Å²) in [6.07, 6.45) is 4.81. The zero-order valence-corrected chi connectivity index (χ0v) is 12.1. The van der Waals surface area contributed by atoms with Crippen molar-refractivity contribution in [1.29, 1.82) is 10.8 Å². The average molecular weight is 315 g/mol. The van der Waals surface area contributed by atoms with Crippen molar-refractivity contribution in [2.24, 2.45) is 11.5 Å². The molecule has 2 heterocycles. The predicted molar refractivity (Wildman–Crippen MR) is 85.0 cm³/mol. The highest BCUT2D eigenvalue weighted by molar-refractivity contribution is 5.94. The first-order valence-corrected chi connectivity index (χ1v) is 5.11. The molecule has 0 aliphatic rings. The van der Waals surface area contributed by atoms with Gasteiger partial charge in [0.05, 0.1) is 0 Å². The van der Waals surface area contributed by atoms with E-state index in [4.69, 9.17) is 22.3 Å². The molecule has 0 fully saturated rings. The first-order valence-electron chi connectivity index (χ1n) is 5.11. The van der Waals surface area contributed by atoms with Crippen LogP contribution in [0.25, 0.3) is 0 Å². The van der Waals surface area contributed by atoms with Crippen molar-refractivity contribution < 1.29 is 0 Å². The van der Waals surface area contributed by atoms with E-state index in [2.05, 4.69) is 9.97 Å². The zero-order valence-electron chi connectivity index (χ0n) is 10.5. The molecule has 0 aliphatic carbocycles. The number of rotatable bonds is 2. The van der Waals surface area contributed by atoms with E-state index in [1.807, 2.05) is 0 Å². The molecule has 0 spiro atoms. The largest absolute Gasteiger partial charge is 0.384 e. The van der Waals surface area contributed by atoms with Crippen LogP contribution in [-0.2, 0) is 0 Å². The first kappa shape index (κ1) is 20.1. The molecule has 0 saturated carbocycles. The minimum absolute atomic E-state index is 0. The lowest BCUT2D eigenvalue weighted by molar-refractivity contribution is 1.26.